The van der Waals surface area contributed by atoms with E-state index in [1.165, 1.54) is 0 Å². The van der Waals surface area contributed by atoms with Crippen molar-refractivity contribution in [2.45, 2.75) is 50.9 Å². The van der Waals surface area contributed by atoms with Gasteiger partial charge in [-0.15, -0.1) is 0 Å². The molecule has 0 saturated heterocycles. The van der Waals surface area contributed by atoms with Crippen LogP contribution >= 0.6 is 12.2 Å². The van der Waals surface area contributed by atoms with Gasteiger partial charge in [-0.2, -0.15) is 0 Å². The van der Waals surface area contributed by atoms with Gasteiger partial charge in [-0.05, 0) is 49.4 Å². The van der Waals surface area contributed by atoms with Crippen LogP contribution in [0.5, 0.6) is 0 Å². The summed E-state index contributed by atoms with van der Waals surface area (Å²) in [5.41, 5.74) is 1.09. The van der Waals surface area contributed by atoms with Gasteiger partial charge >= 0.3 is 5.97 Å². The number of carboxylic acid groups (broad SMARTS) is 1. The molecule has 0 bridgehead atoms. The average molecular weight is 408 g/mol. The molecule has 28 heavy (non-hydrogen) atoms. The average Bonchev–Trinajstić information content (AvgIpc) is 2.94. The van der Waals surface area contributed by atoms with E-state index in [1.54, 1.807) is 0 Å². The number of hydrogen-bond donors (Lipinski definition) is 4. The van der Waals surface area contributed by atoms with Crippen molar-refractivity contribution in [1.82, 2.24) is 5.32 Å². The molecule has 4 N–H and O–H groups in total. The van der Waals surface area contributed by atoms with Crippen molar-refractivity contribution in [2.24, 2.45) is 11.8 Å². The SMILES string of the molecule is O=C(O)CCCC=CCC1C(O)CC(O)C1COC(=S)NCc1ccccc1. The predicted molar refractivity (Wildman–Crippen MR) is 111 cm³/mol. The van der Waals surface area contributed by atoms with Crippen LogP contribution in [-0.2, 0) is 16.1 Å². The molecular formula is C21H29NO5S. The summed E-state index contributed by atoms with van der Waals surface area (Å²) < 4.78 is 5.63. The normalized spacial score (nSPS) is 24.4. The van der Waals surface area contributed by atoms with E-state index in [1.807, 2.05) is 42.5 Å². The number of benzene rings is 1. The van der Waals surface area contributed by atoms with Gasteiger partial charge < -0.3 is 25.4 Å². The highest BCUT2D eigenvalue weighted by molar-refractivity contribution is 7.80. The lowest BCUT2D eigenvalue weighted by Gasteiger charge is -2.23. The molecule has 2 rings (SSSR count). The molecule has 0 spiro atoms. The van der Waals surface area contributed by atoms with E-state index in [-0.39, 0.29) is 30.0 Å². The van der Waals surface area contributed by atoms with Crippen LogP contribution in [0.25, 0.3) is 0 Å². The lowest BCUT2D eigenvalue weighted by Crippen LogP contribution is -2.31. The molecule has 0 aliphatic heterocycles. The molecule has 1 aliphatic rings. The topological polar surface area (TPSA) is 99.0 Å². The number of nitrogens with one attached hydrogen (secondary N) is 1. The van der Waals surface area contributed by atoms with Crippen molar-refractivity contribution < 1.29 is 24.9 Å². The molecule has 0 aromatic heterocycles. The van der Waals surface area contributed by atoms with Crippen LogP contribution in [0.2, 0.25) is 0 Å². The second kappa shape index (κ2) is 11.8. The van der Waals surface area contributed by atoms with Crippen molar-refractivity contribution in [3.05, 3.63) is 48.0 Å². The van der Waals surface area contributed by atoms with Crippen molar-refractivity contribution in [2.75, 3.05) is 6.61 Å². The number of carboxylic acids is 1. The second-order valence-electron chi connectivity index (χ2n) is 7.13. The highest BCUT2D eigenvalue weighted by atomic mass is 32.1. The Hall–Kier alpha value is -1.96. The zero-order chi connectivity index (χ0) is 20.4. The number of unbranched alkanes of at least 4 members (excludes halogenated alkanes) is 1. The van der Waals surface area contributed by atoms with Gasteiger partial charge in [0.05, 0.1) is 18.8 Å². The van der Waals surface area contributed by atoms with Crippen LogP contribution in [0, 0.1) is 11.8 Å². The summed E-state index contributed by atoms with van der Waals surface area (Å²) in [6.45, 7) is 0.814. The highest BCUT2D eigenvalue weighted by Gasteiger charge is 2.41. The Bertz CT molecular complexity index is 651. The van der Waals surface area contributed by atoms with Crippen molar-refractivity contribution in [1.29, 1.82) is 0 Å². The molecule has 154 valence electrons. The molecular weight excluding hydrogens is 378 g/mol. The largest absolute Gasteiger partial charge is 0.481 e. The minimum absolute atomic E-state index is 0.109. The lowest BCUT2D eigenvalue weighted by molar-refractivity contribution is -0.137. The summed E-state index contributed by atoms with van der Waals surface area (Å²) in [4.78, 5) is 10.5. The summed E-state index contributed by atoms with van der Waals surface area (Å²) in [5, 5.41) is 32.5. The van der Waals surface area contributed by atoms with Gasteiger partial charge in [0.1, 0.15) is 0 Å². The van der Waals surface area contributed by atoms with E-state index in [2.05, 4.69) is 5.32 Å². The number of rotatable bonds is 10. The maximum Gasteiger partial charge on any atom is 0.303 e. The number of aliphatic hydroxyl groups is 2. The Morgan fingerprint density at radius 3 is 2.61 bits per heavy atom. The minimum Gasteiger partial charge on any atom is -0.481 e. The fourth-order valence-corrected chi connectivity index (χ4v) is 3.61. The van der Waals surface area contributed by atoms with Crippen LogP contribution in [0.15, 0.2) is 42.5 Å². The first-order valence-electron chi connectivity index (χ1n) is 9.65. The van der Waals surface area contributed by atoms with E-state index < -0.39 is 18.2 Å². The lowest BCUT2D eigenvalue weighted by atomic mass is 9.91. The molecule has 1 saturated carbocycles. The summed E-state index contributed by atoms with van der Waals surface area (Å²) >= 11 is 5.21. The number of aliphatic hydroxyl groups excluding tert-OH is 2. The van der Waals surface area contributed by atoms with Crippen LogP contribution in [-0.4, -0.2) is 45.3 Å². The quantitative estimate of drug-likeness (QED) is 0.269. The molecule has 4 unspecified atom stereocenters. The van der Waals surface area contributed by atoms with E-state index in [0.717, 1.165) is 5.56 Å². The van der Waals surface area contributed by atoms with Crippen LogP contribution in [0.4, 0.5) is 0 Å². The van der Waals surface area contributed by atoms with Gasteiger partial charge in [0, 0.05) is 18.9 Å². The molecule has 7 heteroatoms. The molecule has 1 aromatic rings. The van der Waals surface area contributed by atoms with Gasteiger partial charge in [0.25, 0.3) is 5.17 Å². The summed E-state index contributed by atoms with van der Waals surface area (Å²) in [7, 11) is 0. The third kappa shape index (κ3) is 7.58. The predicted octanol–water partition coefficient (Wildman–Crippen LogP) is 2.64. The molecule has 1 aromatic carbocycles. The zero-order valence-electron chi connectivity index (χ0n) is 15.9. The second-order valence-corrected chi connectivity index (χ2v) is 7.50. The fourth-order valence-electron chi connectivity index (χ4n) is 3.47. The Morgan fingerprint density at radius 2 is 1.89 bits per heavy atom. The van der Waals surface area contributed by atoms with Gasteiger partial charge in [-0.25, -0.2) is 0 Å². The number of aliphatic carboxylic acids is 1. The van der Waals surface area contributed by atoms with Crippen LogP contribution < -0.4 is 5.32 Å². The summed E-state index contributed by atoms with van der Waals surface area (Å²) in [6.07, 6.45) is 5.05. The molecule has 6 nitrogen and oxygen atoms in total. The summed E-state index contributed by atoms with van der Waals surface area (Å²) in [5.74, 6) is -1.10. The van der Waals surface area contributed by atoms with Crippen molar-refractivity contribution in [3.8, 4) is 0 Å². The van der Waals surface area contributed by atoms with Gasteiger partial charge in [0.15, 0.2) is 0 Å². The Labute approximate surface area is 171 Å². The monoisotopic (exact) mass is 407 g/mol. The van der Waals surface area contributed by atoms with E-state index in [0.29, 0.717) is 32.2 Å². The summed E-state index contributed by atoms with van der Waals surface area (Å²) in [6, 6.07) is 9.84. The van der Waals surface area contributed by atoms with E-state index >= 15 is 0 Å². The first kappa shape index (κ1) is 22.3. The molecule has 1 aliphatic carbocycles. The fraction of sp³-hybridized carbons (Fsp3) is 0.524. The van der Waals surface area contributed by atoms with E-state index in [9.17, 15) is 15.0 Å². The van der Waals surface area contributed by atoms with Crippen LogP contribution in [0.3, 0.4) is 0 Å². The molecule has 1 fully saturated rings. The Kier molecular flexibility index (Phi) is 9.40. The smallest absolute Gasteiger partial charge is 0.303 e. The molecule has 0 heterocycles. The molecule has 0 radical (unpaired) electrons. The van der Waals surface area contributed by atoms with Crippen molar-refractivity contribution in [3.63, 3.8) is 0 Å². The van der Waals surface area contributed by atoms with Gasteiger partial charge in [0.2, 0.25) is 0 Å². The zero-order valence-corrected chi connectivity index (χ0v) is 16.7. The maximum atomic E-state index is 10.5. The third-order valence-electron chi connectivity index (χ3n) is 5.04. The highest BCUT2D eigenvalue weighted by Crippen LogP contribution is 2.35. The standard InChI is InChI=1S/C21H29NO5S/c23-18-12-19(24)17(16(18)10-6-1-2-7-11-20(25)26)14-27-21(28)22-13-15-8-4-3-5-9-15/h1,3-6,8-9,16-19,23-24H,2,7,10-14H2,(H,22,28)(H,25,26). The first-order chi connectivity index (χ1) is 13.5. The number of thiocarbonyl (C=S) groups is 1. The Morgan fingerprint density at radius 1 is 1.18 bits per heavy atom. The Balaban J connectivity index is 1.75. The number of allylic oxidation sites excluding steroid dienone is 2. The minimum atomic E-state index is -0.795. The van der Waals surface area contributed by atoms with Gasteiger partial charge in [-0.3, -0.25) is 4.79 Å². The molecule has 0 amide bonds. The third-order valence-corrected chi connectivity index (χ3v) is 5.31. The maximum absolute atomic E-state index is 10.5. The van der Waals surface area contributed by atoms with Crippen molar-refractivity contribution >= 4 is 23.4 Å². The van der Waals surface area contributed by atoms with Gasteiger partial charge in [-0.1, -0.05) is 42.5 Å². The number of carbonyl (C=O) groups is 1. The van der Waals surface area contributed by atoms with E-state index in [4.69, 9.17) is 22.1 Å². The van der Waals surface area contributed by atoms with Crippen LogP contribution in [0.1, 0.15) is 37.7 Å². The molecule has 4 atom stereocenters. The number of ether oxygens (including phenoxy) is 1. The number of hydrogen-bond acceptors (Lipinski definition) is 5. The first-order valence-corrected chi connectivity index (χ1v) is 10.1.